The molecule has 1 N–H and O–H groups in total. The molecule has 0 aliphatic rings. The van der Waals surface area contributed by atoms with Crippen LogP contribution in [0.5, 0.6) is 11.5 Å². The van der Waals surface area contributed by atoms with Crippen LogP contribution >= 0.6 is 0 Å². The van der Waals surface area contributed by atoms with Crippen LogP contribution in [0.1, 0.15) is 25.0 Å². The van der Waals surface area contributed by atoms with Crippen LogP contribution in [0.3, 0.4) is 0 Å². The van der Waals surface area contributed by atoms with Crippen LogP contribution in [0.15, 0.2) is 48.5 Å². The van der Waals surface area contributed by atoms with Gasteiger partial charge in [0.25, 0.3) is 0 Å². The van der Waals surface area contributed by atoms with Gasteiger partial charge in [-0.3, -0.25) is 9.59 Å². The molecule has 0 aliphatic heterocycles. The minimum atomic E-state index is -0.266. The molecule has 29 heavy (non-hydrogen) atoms. The number of anilines is 1. The average Bonchev–Trinajstić information content (AvgIpc) is 2.72. The number of nitrogens with zero attached hydrogens (tertiary/aromatic N) is 1. The molecule has 0 bridgehead atoms. The van der Waals surface area contributed by atoms with E-state index in [2.05, 4.69) is 5.32 Å². The molecule has 0 saturated carbocycles. The van der Waals surface area contributed by atoms with E-state index in [1.54, 1.807) is 32.4 Å². The molecule has 0 spiro atoms. The standard InChI is InChI=1S/C23H28N2O4/c1-5-18-9-7-8-10-19(18)24-22(26)16-25(3)23(27)14-12-17-11-13-20(28-4)21(15-17)29-6-2/h7-15H,5-6,16H2,1-4H3,(H,24,26). The maximum absolute atomic E-state index is 12.4. The molecule has 0 unspecified atom stereocenters. The maximum atomic E-state index is 12.4. The minimum Gasteiger partial charge on any atom is -0.493 e. The van der Waals surface area contributed by atoms with E-state index in [1.165, 1.54) is 11.0 Å². The Morgan fingerprint density at radius 3 is 2.55 bits per heavy atom. The molecule has 0 aromatic heterocycles. The molecule has 6 nitrogen and oxygen atoms in total. The number of hydrogen-bond donors (Lipinski definition) is 1. The molecule has 0 radical (unpaired) electrons. The number of methoxy groups -OCH3 is 1. The average molecular weight is 396 g/mol. The lowest BCUT2D eigenvalue weighted by Crippen LogP contribution is -2.34. The number of nitrogens with one attached hydrogen (secondary N) is 1. The summed E-state index contributed by atoms with van der Waals surface area (Å²) < 4.78 is 10.8. The topological polar surface area (TPSA) is 67.9 Å². The van der Waals surface area contributed by atoms with Crippen molar-refractivity contribution in [3.63, 3.8) is 0 Å². The van der Waals surface area contributed by atoms with Gasteiger partial charge in [0.05, 0.1) is 20.3 Å². The van der Waals surface area contributed by atoms with Crippen LogP contribution in [0.25, 0.3) is 6.08 Å². The molecule has 2 rings (SSSR count). The van der Waals surface area contributed by atoms with Crippen molar-refractivity contribution in [3.05, 3.63) is 59.7 Å². The second-order valence-corrected chi connectivity index (χ2v) is 6.43. The number of para-hydroxylation sites is 1. The van der Waals surface area contributed by atoms with Crippen molar-refractivity contribution < 1.29 is 19.1 Å². The number of likely N-dealkylation sites (N-methyl/N-ethyl adjacent to an activating group) is 1. The monoisotopic (exact) mass is 396 g/mol. The predicted molar refractivity (Wildman–Crippen MR) is 115 cm³/mol. The fourth-order valence-electron chi connectivity index (χ4n) is 2.79. The molecule has 2 aromatic carbocycles. The lowest BCUT2D eigenvalue weighted by atomic mass is 10.1. The number of carbonyl (C=O) groups is 2. The van der Waals surface area contributed by atoms with E-state index in [4.69, 9.17) is 9.47 Å². The van der Waals surface area contributed by atoms with E-state index >= 15 is 0 Å². The number of carbonyl (C=O) groups excluding carboxylic acids is 2. The Kier molecular flexibility index (Phi) is 8.27. The molecule has 154 valence electrons. The van der Waals surface area contributed by atoms with E-state index < -0.39 is 0 Å². The van der Waals surface area contributed by atoms with E-state index in [9.17, 15) is 9.59 Å². The summed E-state index contributed by atoms with van der Waals surface area (Å²) >= 11 is 0. The SMILES string of the molecule is CCOc1cc(C=CC(=O)N(C)CC(=O)Nc2ccccc2CC)ccc1OC. The van der Waals surface area contributed by atoms with Crippen LogP contribution in [0.4, 0.5) is 5.69 Å². The van der Waals surface area contributed by atoms with Gasteiger partial charge in [0.2, 0.25) is 11.8 Å². The molecule has 0 heterocycles. The number of aryl methyl sites for hydroxylation is 1. The van der Waals surface area contributed by atoms with Gasteiger partial charge in [-0.05, 0) is 48.7 Å². The smallest absolute Gasteiger partial charge is 0.246 e. The Morgan fingerprint density at radius 1 is 1.10 bits per heavy atom. The third kappa shape index (κ3) is 6.38. The maximum Gasteiger partial charge on any atom is 0.246 e. The number of rotatable bonds is 9. The van der Waals surface area contributed by atoms with Gasteiger partial charge in [0.1, 0.15) is 0 Å². The van der Waals surface area contributed by atoms with Crippen LogP contribution in [-0.2, 0) is 16.0 Å². The van der Waals surface area contributed by atoms with Crippen molar-refractivity contribution in [1.82, 2.24) is 4.90 Å². The highest BCUT2D eigenvalue weighted by atomic mass is 16.5. The van der Waals surface area contributed by atoms with Gasteiger partial charge < -0.3 is 19.7 Å². The molecule has 0 fully saturated rings. The van der Waals surface area contributed by atoms with Crippen LogP contribution in [-0.4, -0.2) is 44.0 Å². The summed E-state index contributed by atoms with van der Waals surface area (Å²) in [5.41, 5.74) is 2.63. The van der Waals surface area contributed by atoms with Crippen molar-refractivity contribution in [2.45, 2.75) is 20.3 Å². The third-order valence-electron chi connectivity index (χ3n) is 4.34. The normalized spacial score (nSPS) is 10.6. The van der Waals surface area contributed by atoms with Crippen LogP contribution < -0.4 is 14.8 Å². The number of benzene rings is 2. The molecule has 0 atom stereocenters. The van der Waals surface area contributed by atoms with Gasteiger partial charge in [-0.2, -0.15) is 0 Å². The Bertz CT molecular complexity index is 877. The number of hydrogen-bond acceptors (Lipinski definition) is 4. The zero-order chi connectivity index (χ0) is 21.2. The Balaban J connectivity index is 1.97. The van der Waals surface area contributed by atoms with Gasteiger partial charge in [-0.15, -0.1) is 0 Å². The highest BCUT2D eigenvalue weighted by Gasteiger charge is 2.12. The molecule has 2 amide bonds. The molecular formula is C23H28N2O4. The number of ether oxygens (including phenoxy) is 2. The molecular weight excluding hydrogens is 368 g/mol. The molecule has 0 aliphatic carbocycles. The summed E-state index contributed by atoms with van der Waals surface area (Å²) in [4.78, 5) is 26.0. The van der Waals surface area contributed by atoms with Crippen LogP contribution in [0.2, 0.25) is 0 Å². The molecule has 6 heteroatoms. The summed E-state index contributed by atoms with van der Waals surface area (Å²) in [5, 5.41) is 2.87. The fourth-order valence-corrected chi connectivity index (χ4v) is 2.79. The Hall–Kier alpha value is -3.28. The third-order valence-corrected chi connectivity index (χ3v) is 4.34. The van der Waals surface area contributed by atoms with E-state index in [0.717, 1.165) is 23.2 Å². The lowest BCUT2D eigenvalue weighted by molar-refractivity contribution is -0.129. The first-order valence-corrected chi connectivity index (χ1v) is 9.60. The highest BCUT2D eigenvalue weighted by Crippen LogP contribution is 2.28. The summed E-state index contributed by atoms with van der Waals surface area (Å²) in [6.07, 6.45) is 3.94. The highest BCUT2D eigenvalue weighted by molar-refractivity contribution is 5.98. The lowest BCUT2D eigenvalue weighted by Gasteiger charge is -2.16. The van der Waals surface area contributed by atoms with Crippen molar-refractivity contribution >= 4 is 23.6 Å². The van der Waals surface area contributed by atoms with Crippen molar-refractivity contribution in [1.29, 1.82) is 0 Å². The van der Waals surface area contributed by atoms with Gasteiger partial charge >= 0.3 is 0 Å². The van der Waals surface area contributed by atoms with E-state index in [1.807, 2.05) is 44.2 Å². The largest absolute Gasteiger partial charge is 0.493 e. The quantitative estimate of drug-likeness (QED) is 0.655. The second-order valence-electron chi connectivity index (χ2n) is 6.43. The van der Waals surface area contributed by atoms with Gasteiger partial charge in [0.15, 0.2) is 11.5 Å². The number of amides is 2. The second kappa shape index (κ2) is 10.9. The first-order valence-electron chi connectivity index (χ1n) is 9.60. The zero-order valence-corrected chi connectivity index (χ0v) is 17.4. The summed E-state index contributed by atoms with van der Waals surface area (Å²) in [7, 11) is 3.17. The van der Waals surface area contributed by atoms with E-state index in [0.29, 0.717) is 18.1 Å². The molecule has 0 saturated heterocycles. The fraction of sp³-hybridized carbons (Fsp3) is 0.304. The summed E-state index contributed by atoms with van der Waals surface area (Å²) in [5.74, 6) is 0.749. The van der Waals surface area contributed by atoms with Gasteiger partial charge in [-0.1, -0.05) is 31.2 Å². The van der Waals surface area contributed by atoms with Crippen molar-refractivity contribution in [3.8, 4) is 11.5 Å². The Morgan fingerprint density at radius 2 is 1.86 bits per heavy atom. The van der Waals surface area contributed by atoms with E-state index in [-0.39, 0.29) is 18.4 Å². The zero-order valence-electron chi connectivity index (χ0n) is 17.4. The van der Waals surface area contributed by atoms with Crippen molar-refractivity contribution in [2.24, 2.45) is 0 Å². The first-order chi connectivity index (χ1) is 14.0. The summed E-state index contributed by atoms with van der Waals surface area (Å²) in [6.45, 7) is 4.40. The molecule has 2 aromatic rings. The predicted octanol–water partition coefficient (Wildman–Crippen LogP) is 3.77. The van der Waals surface area contributed by atoms with Gasteiger partial charge in [-0.25, -0.2) is 0 Å². The first kappa shape index (κ1) is 22.0. The summed E-state index contributed by atoms with van der Waals surface area (Å²) in [6, 6.07) is 13.1. The van der Waals surface area contributed by atoms with Gasteiger partial charge in [0, 0.05) is 18.8 Å². The van der Waals surface area contributed by atoms with Crippen molar-refractivity contribution in [2.75, 3.05) is 32.6 Å². The Labute approximate surface area is 172 Å². The van der Waals surface area contributed by atoms with Crippen LogP contribution in [0, 0.1) is 0 Å². The minimum absolute atomic E-state index is 0.0337.